The maximum absolute atomic E-state index is 14.8. The Kier molecular flexibility index (Phi) is 4.65. The lowest BCUT2D eigenvalue weighted by atomic mass is 9.91. The van der Waals surface area contributed by atoms with Crippen molar-refractivity contribution < 1.29 is 18.7 Å². The molecule has 142 valence electrons. The van der Waals surface area contributed by atoms with Crippen molar-refractivity contribution in [2.75, 3.05) is 6.61 Å². The summed E-state index contributed by atoms with van der Waals surface area (Å²) in [7, 11) is 0. The Morgan fingerprint density at radius 1 is 1.07 bits per heavy atom. The van der Waals surface area contributed by atoms with Gasteiger partial charge in [-0.05, 0) is 13.0 Å². The normalized spacial score (nSPS) is 11.6. The van der Waals surface area contributed by atoms with Gasteiger partial charge in [0.2, 0.25) is 0 Å². The molecule has 0 aliphatic heterocycles. The van der Waals surface area contributed by atoms with E-state index in [0.29, 0.717) is 22.5 Å². The summed E-state index contributed by atoms with van der Waals surface area (Å²) in [5.41, 5.74) is 2.39. The molecular weight excluding hydrogens is 371 g/mol. The van der Waals surface area contributed by atoms with Gasteiger partial charge >= 0.3 is 5.97 Å². The molecular formula is C23H15FN2O3. The minimum absolute atomic E-state index is 0.0303. The van der Waals surface area contributed by atoms with Crippen LogP contribution in [0, 0.1) is 24.1 Å². The van der Waals surface area contributed by atoms with Gasteiger partial charge in [0, 0.05) is 22.3 Å². The van der Waals surface area contributed by atoms with E-state index in [1.807, 2.05) is 6.07 Å². The van der Waals surface area contributed by atoms with Crippen LogP contribution in [0.3, 0.4) is 0 Å². The van der Waals surface area contributed by atoms with E-state index < -0.39 is 11.8 Å². The van der Waals surface area contributed by atoms with Gasteiger partial charge < -0.3 is 4.74 Å². The number of hydrogen-bond acceptors (Lipinski definition) is 5. The van der Waals surface area contributed by atoms with Gasteiger partial charge in [-0.2, -0.15) is 5.26 Å². The van der Waals surface area contributed by atoms with Crippen LogP contribution in [0.2, 0.25) is 0 Å². The van der Waals surface area contributed by atoms with Gasteiger partial charge in [0.05, 0.1) is 35.0 Å². The van der Waals surface area contributed by atoms with E-state index in [4.69, 9.17) is 10.00 Å². The molecule has 29 heavy (non-hydrogen) atoms. The van der Waals surface area contributed by atoms with Crippen molar-refractivity contribution in [3.8, 4) is 28.5 Å². The molecule has 1 heterocycles. The molecule has 1 aliphatic rings. The molecule has 0 saturated heterocycles. The summed E-state index contributed by atoms with van der Waals surface area (Å²) in [5, 5.41) is 8.69. The Bertz CT molecular complexity index is 1210. The molecule has 0 fully saturated rings. The Balaban J connectivity index is 2.02. The van der Waals surface area contributed by atoms with E-state index in [2.05, 4.69) is 4.98 Å². The third-order valence-electron chi connectivity index (χ3n) is 4.83. The first-order valence-electron chi connectivity index (χ1n) is 9.02. The summed E-state index contributed by atoms with van der Waals surface area (Å²) >= 11 is 0. The average Bonchev–Trinajstić information content (AvgIpc) is 3.00. The first kappa shape index (κ1) is 18.5. The lowest BCUT2D eigenvalue weighted by Gasteiger charge is -2.16. The zero-order valence-electron chi connectivity index (χ0n) is 15.5. The first-order valence-corrected chi connectivity index (χ1v) is 9.02. The number of esters is 1. The Labute approximate surface area is 166 Å². The average molecular weight is 386 g/mol. The molecule has 0 radical (unpaired) electrons. The molecule has 0 atom stereocenters. The van der Waals surface area contributed by atoms with Crippen LogP contribution in [0.5, 0.6) is 0 Å². The lowest BCUT2D eigenvalue weighted by molar-refractivity contribution is 0.0513. The third-order valence-corrected chi connectivity index (χ3v) is 4.83. The van der Waals surface area contributed by atoms with Crippen molar-refractivity contribution in [1.29, 1.82) is 5.26 Å². The number of nitrogens with zero attached hydrogens (tertiary/aromatic N) is 2. The number of aryl methyl sites for hydroxylation is 1. The van der Waals surface area contributed by atoms with Gasteiger partial charge in [-0.1, -0.05) is 42.5 Å². The molecule has 0 bridgehead atoms. The van der Waals surface area contributed by atoms with Crippen LogP contribution in [-0.2, 0) is 4.74 Å². The number of benzene rings is 2. The number of pyridine rings is 1. The molecule has 6 heteroatoms. The van der Waals surface area contributed by atoms with Crippen LogP contribution in [0.15, 0.2) is 48.5 Å². The topological polar surface area (TPSA) is 80.0 Å². The highest BCUT2D eigenvalue weighted by atomic mass is 19.1. The number of carbonyl (C=O) groups excluding carboxylic acids is 2. The summed E-state index contributed by atoms with van der Waals surface area (Å²) in [4.78, 5) is 30.5. The van der Waals surface area contributed by atoms with Crippen molar-refractivity contribution in [3.05, 3.63) is 76.7 Å². The maximum Gasteiger partial charge on any atom is 0.340 e. The SMILES string of the molecule is Cc1nc2c(c(-c3ccccc3F)c1C(=O)OCCC#N)C(=O)c1ccccc1-2. The highest BCUT2D eigenvalue weighted by Gasteiger charge is 2.35. The number of fused-ring (bicyclic) bond motifs is 3. The largest absolute Gasteiger partial charge is 0.461 e. The number of hydrogen-bond donors (Lipinski definition) is 0. The molecule has 4 rings (SSSR count). The molecule has 0 N–H and O–H groups in total. The molecule has 5 nitrogen and oxygen atoms in total. The molecule has 0 unspecified atom stereocenters. The smallest absolute Gasteiger partial charge is 0.340 e. The van der Waals surface area contributed by atoms with Crippen molar-refractivity contribution >= 4 is 11.8 Å². The van der Waals surface area contributed by atoms with E-state index >= 15 is 0 Å². The van der Waals surface area contributed by atoms with E-state index in [1.54, 1.807) is 37.3 Å². The zero-order chi connectivity index (χ0) is 20.5. The second-order valence-electron chi connectivity index (χ2n) is 6.57. The second-order valence-corrected chi connectivity index (χ2v) is 6.57. The summed E-state index contributed by atoms with van der Waals surface area (Å²) < 4.78 is 19.9. The number of ketones is 1. The number of halogens is 1. The van der Waals surface area contributed by atoms with Crippen LogP contribution in [0.4, 0.5) is 4.39 Å². The second kappa shape index (κ2) is 7.28. The zero-order valence-corrected chi connectivity index (χ0v) is 15.5. The predicted molar refractivity (Wildman–Crippen MR) is 104 cm³/mol. The van der Waals surface area contributed by atoms with Crippen molar-refractivity contribution in [2.45, 2.75) is 13.3 Å². The van der Waals surface area contributed by atoms with Crippen LogP contribution >= 0.6 is 0 Å². The predicted octanol–water partition coefficient (Wildman–Crippen LogP) is 4.48. The summed E-state index contributed by atoms with van der Waals surface area (Å²) in [6.07, 6.45) is 0.0303. The van der Waals surface area contributed by atoms with Crippen molar-refractivity contribution in [3.63, 3.8) is 0 Å². The van der Waals surface area contributed by atoms with Crippen LogP contribution in [0.1, 0.15) is 38.4 Å². The summed E-state index contributed by atoms with van der Waals surface area (Å²) in [6.45, 7) is 1.52. The molecule has 3 aromatic rings. The van der Waals surface area contributed by atoms with Crippen molar-refractivity contribution in [1.82, 2.24) is 4.98 Å². The Morgan fingerprint density at radius 2 is 1.72 bits per heavy atom. The van der Waals surface area contributed by atoms with E-state index in [-0.39, 0.29) is 41.1 Å². The highest BCUT2D eigenvalue weighted by Crippen LogP contribution is 2.43. The molecule has 1 aliphatic carbocycles. The van der Waals surface area contributed by atoms with E-state index in [1.165, 1.54) is 18.2 Å². The minimum Gasteiger partial charge on any atom is -0.461 e. The summed E-state index contributed by atoms with van der Waals surface area (Å²) in [6, 6.07) is 14.9. The highest BCUT2D eigenvalue weighted by molar-refractivity contribution is 6.25. The van der Waals surface area contributed by atoms with Gasteiger partial charge in [0.15, 0.2) is 5.78 Å². The van der Waals surface area contributed by atoms with Crippen LogP contribution in [-0.4, -0.2) is 23.3 Å². The van der Waals surface area contributed by atoms with Crippen LogP contribution in [0.25, 0.3) is 22.4 Å². The van der Waals surface area contributed by atoms with Gasteiger partial charge in [0.25, 0.3) is 0 Å². The number of carbonyl (C=O) groups is 2. The van der Waals surface area contributed by atoms with Crippen molar-refractivity contribution in [2.24, 2.45) is 0 Å². The maximum atomic E-state index is 14.8. The monoisotopic (exact) mass is 386 g/mol. The third kappa shape index (κ3) is 2.97. The van der Waals surface area contributed by atoms with E-state index in [0.717, 1.165) is 0 Å². The fourth-order valence-electron chi connectivity index (χ4n) is 3.59. The Morgan fingerprint density at radius 3 is 2.41 bits per heavy atom. The minimum atomic E-state index is -0.741. The number of nitriles is 1. The molecule has 0 saturated carbocycles. The summed E-state index contributed by atoms with van der Waals surface area (Å²) in [5.74, 6) is -1.61. The molecule has 1 aromatic heterocycles. The van der Waals surface area contributed by atoms with Gasteiger partial charge in [-0.15, -0.1) is 0 Å². The van der Waals surface area contributed by atoms with Gasteiger partial charge in [0.1, 0.15) is 12.4 Å². The van der Waals surface area contributed by atoms with Gasteiger partial charge in [-0.3, -0.25) is 9.78 Å². The first-order chi connectivity index (χ1) is 14.0. The van der Waals surface area contributed by atoms with E-state index in [9.17, 15) is 14.0 Å². The van der Waals surface area contributed by atoms with Crippen LogP contribution < -0.4 is 0 Å². The lowest BCUT2D eigenvalue weighted by Crippen LogP contribution is -2.14. The molecule has 0 spiro atoms. The number of ether oxygens (including phenoxy) is 1. The fourth-order valence-corrected chi connectivity index (χ4v) is 3.59. The molecule has 0 amide bonds. The van der Waals surface area contributed by atoms with Gasteiger partial charge in [-0.25, -0.2) is 9.18 Å². The standard InChI is InChI=1S/C23H15FN2O3/c1-13-18(23(28)29-12-6-11-25)19(16-9-4-5-10-17(16)24)20-21(26-13)14-7-2-3-8-15(14)22(20)27/h2-5,7-10H,6,12H2,1H3. The number of aromatic nitrogens is 1. The fraction of sp³-hybridized carbons (Fsp3) is 0.130. The Hall–Kier alpha value is -3.85. The number of rotatable bonds is 4. The molecule has 2 aromatic carbocycles. The quantitative estimate of drug-likeness (QED) is 0.382.